The number of esters is 1. The van der Waals surface area contributed by atoms with Gasteiger partial charge in [-0.25, -0.2) is 0 Å². The van der Waals surface area contributed by atoms with Gasteiger partial charge in [0.15, 0.2) is 0 Å². The van der Waals surface area contributed by atoms with Crippen molar-refractivity contribution in [3.8, 4) is 22.4 Å². The lowest BCUT2D eigenvalue weighted by Gasteiger charge is -2.13. The van der Waals surface area contributed by atoms with Gasteiger partial charge in [-0.1, -0.05) is 109 Å². The normalized spacial score (nSPS) is 10.9. The van der Waals surface area contributed by atoms with Crippen molar-refractivity contribution in [2.45, 2.75) is 36.6 Å². The molecule has 0 aliphatic rings. The van der Waals surface area contributed by atoms with Crippen LogP contribution in [0.1, 0.15) is 23.7 Å². The van der Waals surface area contributed by atoms with Gasteiger partial charge in [0, 0.05) is 27.5 Å². The van der Waals surface area contributed by atoms with Gasteiger partial charge in [-0.2, -0.15) is 0 Å². The van der Waals surface area contributed by atoms with E-state index in [4.69, 9.17) is 4.74 Å². The molecule has 0 aliphatic heterocycles. The molecule has 5 rings (SSSR count). The number of carbonyl (C=O) groups is 1. The van der Waals surface area contributed by atoms with Crippen molar-refractivity contribution >= 4 is 17.7 Å². The summed E-state index contributed by atoms with van der Waals surface area (Å²) < 4.78 is 7.52. The molecule has 0 aliphatic carbocycles. The van der Waals surface area contributed by atoms with Crippen molar-refractivity contribution < 1.29 is 9.53 Å². The third kappa shape index (κ3) is 5.61. The highest BCUT2D eigenvalue weighted by molar-refractivity contribution is 7.99. The summed E-state index contributed by atoms with van der Waals surface area (Å²) in [7, 11) is 0. The molecule has 4 aromatic carbocycles. The predicted octanol–water partition coefficient (Wildman–Crippen LogP) is 8.44. The molecule has 0 bridgehead atoms. The summed E-state index contributed by atoms with van der Waals surface area (Å²) in [5.41, 5.74) is 7.99. The van der Waals surface area contributed by atoms with Crippen LogP contribution >= 0.6 is 11.8 Å². The van der Waals surface area contributed by atoms with Gasteiger partial charge >= 0.3 is 5.97 Å². The van der Waals surface area contributed by atoms with Crippen molar-refractivity contribution in [3.63, 3.8) is 0 Å². The van der Waals surface area contributed by atoms with E-state index in [1.54, 1.807) is 11.8 Å². The van der Waals surface area contributed by atoms with E-state index >= 15 is 0 Å². The predicted molar refractivity (Wildman–Crippen MR) is 156 cm³/mol. The molecule has 3 nitrogen and oxygen atoms in total. The lowest BCUT2D eigenvalue weighted by atomic mass is 9.93. The molecular weight excluding hydrogens is 486 g/mol. The van der Waals surface area contributed by atoms with Gasteiger partial charge < -0.3 is 9.30 Å². The van der Waals surface area contributed by atoms with Gasteiger partial charge in [0.05, 0.1) is 12.3 Å². The van der Waals surface area contributed by atoms with Crippen LogP contribution in [0.5, 0.6) is 0 Å². The number of ether oxygens (including phenoxy) is 1. The highest BCUT2D eigenvalue weighted by atomic mass is 32.2. The monoisotopic (exact) mass is 517 g/mol. The molecule has 38 heavy (non-hydrogen) atoms. The molecule has 190 valence electrons. The van der Waals surface area contributed by atoms with E-state index < -0.39 is 0 Å². The maximum Gasteiger partial charge on any atom is 0.325 e. The van der Waals surface area contributed by atoms with Crippen molar-refractivity contribution in [2.24, 2.45) is 0 Å². The maximum atomic E-state index is 12.8. The van der Waals surface area contributed by atoms with Gasteiger partial charge in [-0.05, 0) is 54.3 Å². The van der Waals surface area contributed by atoms with E-state index in [1.807, 2.05) is 37.3 Å². The van der Waals surface area contributed by atoms with Crippen LogP contribution in [0.25, 0.3) is 22.4 Å². The average molecular weight is 518 g/mol. The smallest absolute Gasteiger partial charge is 0.325 e. The summed E-state index contributed by atoms with van der Waals surface area (Å²) >= 11 is 1.78. The Kier molecular flexibility index (Phi) is 8.10. The topological polar surface area (TPSA) is 31.2 Å². The lowest BCUT2D eigenvalue weighted by molar-refractivity contribution is -0.143. The SMILES string of the molecule is CCOC(=O)Cn1c(C)c(Cc2ccccc2Sc2ccccc2)c(-c2ccccc2)c1-c1ccccc1. The molecule has 0 unspecified atom stereocenters. The molecule has 0 radical (unpaired) electrons. The summed E-state index contributed by atoms with van der Waals surface area (Å²) in [6, 6.07) is 39.9. The van der Waals surface area contributed by atoms with Crippen LogP contribution in [0.15, 0.2) is 125 Å². The van der Waals surface area contributed by atoms with Crippen molar-refractivity contribution in [1.29, 1.82) is 0 Å². The third-order valence-electron chi connectivity index (χ3n) is 6.66. The largest absolute Gasteiger partial charge is 0.465 e. The number of carbonyl (C=O) groups excluding carboxylic acids is 1. The number of benzene rings is 4. The van der Waals surface area contributed by atoms with Crippen LogP contribution in [0, 0.1) is 6.92 Å². The Hall–Kier alpha value is -4.02. The van der Waals surface area contributed by atoms with E-state index in [2.05, 4.69) is 96.4 Å². The van der Waals surface area contributed by atoms with E-state index in [-0.39, 0.29) is 12.5 Å². The Balaban J connectivity index is 1.69. The minimum absolute atomic E-state index is 0.171. The molecule has 0 spiro atoms. The first-order valence-corrected chi connectivity index (χ1v) is 13.8. The van der Waals surface area contributed by atoms with Gasteiger partial charge in [0.2, 0.25) is 0 Å². The van der Waals surface area contributed by atoms with Crippen molar-refractivity contribution in [3.05, 3.63) is 132 Å². The number of rotatable bonds is 9. The number of hydrogen-bond acceptors (Lipinski definition) is 3. The molecule has 5 aromatic rings. The van der Waals surface area contributed by atoms with Crippen molar-refractivity contribution in [1.82, 2.24) is 4.57 Å². The third-order valence-corrected chi connectivity index (χ3v) is 7.79. The van der Waals surface area contributed by atoms with Crippen LogP contribution in [0.2, 0.25) is 0 Å². The highest BCUT2D eigenvalue weighted by Crippen LogP contribution is 2.41. The fraction of sp³-hybridized carbons (Fsp3) is 0.147. The lowest BCUT2D eigenvalue weighted by Crippen LogP contribution is -2.15. The average Bonchev–Trinajstić information content (AvgIpc) is 3.22. The van der Waals surface area contributed by atoms with Crippen LogP contribution in [-0.2, 0) is 22.5 Å². The van der Waals surface area contributed by atoms with Gasteiger partial charge in [0.1, 0.15) is 6.54 Å². The number of nitrogens with zero attached hydrogens (tertiary/aromatic N) is 1. The zero-order chi connectivity index (χ0) is 26.3. The van der Waals surface area contributed by atoms with Crippen LogP contribution in [0.3, 0.4) is 0 Å². The minimum Gasteiger partial charge on any atom is -0.465 e. The van der Waals surface area contributed by atoms with E-state index in [1.165, 1.54) is 20.9 Å². The number of hydrogen-bond donors (Lipinski definition) is 0. The Morgan fingerprint density at radius 1 is 0.763 bits per heavy atom. The molecule has 0 saturated carbocycles. The molecule has 1 heterocycles. The standard InChI is InChI=1S/C34H31NO2S/c1-3-37-32(36)24-35-25(2)30(23-28-19-13-14-22-31(28)38-29-20-11-6-12-21-29)33(26-15-7-4-8-16-26)34(35)27-17-9-5-10-18-27/h4-22H,3,23-24H2,1-2H3. The summed E-state index contributed by atoms with van der Waals surface area (Å²) in [6.07, 6.45) is 0.752. The quantitative estimate of drug-likeness (QED) is 0.184. The van der Waals surface area contributed by atoms with E-state index in [0.717, 1.165) is 34.5 Å². The molecule has 0 N–H and O–H groups in total. The summed E-state index contributed by atoms with van der Waals surface area (Å²) in [5.74, 6) is -0.228. The second-order valence-corrected chi connectivity index (χ2v) is 10.2. The summed E-state index contributed by atoms with van der Waals surface area (Å²) in [6.45, 7) is 4.51. The summed E-state index contributed by atoms with van der Waals surface area (Å²) in [5, 5.41) is 0. The molecule has 1 aromatic heterocycles. The summed E-state index contributed by atoms with van der Waals surface area (Å²) in [4.78, 5) is 15.2. The molecule has 0 fully saturated rings. The van der Waals surface area contributed by atoms with Crippen molar-refractivity contribution in [2.75, 3.05) is 6.61 Å². The molecular formula is C34H31NO2S. The van der Waals surface area contributed by atoms with E-state index in [9.17, 15) is 4.79 Å². The second kappa shape index (κ2) is 12.0. The second-order valence-electron chi connectivity index (χ2n) is 9.11. The first kappa shape index (κ1) is 25.6. The van der Waals surface area contributed by atoms with Gasteiger partial charge in [-0.15, -0.1) is 0 Å². The Morgan fingerprint density at radius 2 is 1.34 bits per heavy atom. The van der Waals surface area contributed by atoms with Gasteiger partial charge in [-0.3, -0.25) is 4.79 Å². The fourth-order valence-electron chi connectivity index (χ4n) is 4.91. The Bertz CT molecular complexity index is 1510. The number of aromatic nitrogens is 1. The molecule has 4 heteroatoms. The Morgan fingerprint density at radius 3 is 2.00 bits per heavy atom. The maximum absolute atomic E-state index is 12.8. The van der Waals surface area contributed by atoms with Gasteiger partial charge in [0.25, 0.3) is 0 Å². The first-order valence-electron chi connectivity index (χ1n) is 12.9. The first-order chi connectivity index (χ1) is 18.7. The minimum atomic E-state index is -0.228. The zero-order valence-corrected chi connectivity index (χ0v) is 22.6. The molecule has 0 atom stereocenters. The highest BCUT2D eigenvalue weighted by Gasteiger charge is 2.25. The molecule has 0 saturated heterocycles. The van der Waals surface area contributed by atoms with Crippen LogP contribution in [0.4, 0.5) is 0 Å². The fourth-order valence-corrected chi connectivity index (χ4v) is 5.87. The zero-order valence-electron chi connectivity index (χ0n) is 21.8. The van der Waals surface area contributed by atoms with Crippen LogP contribution < -0.4 is 0 Å². The Labute approximate surface area is 229 Å². The van der Waals surface area contributed by atoms with Crippen LogP contribution in [-0.4, -0.2) is 17.1 Å². The molecule has 0 amide bonds. The van der Waals surface area contributed by atoms with E-state index in [0.29, 0.717) is 6.61 Å².